The molecule has 1 aromatic heterocycles. The third-order valence-electron chi connectivity index (χ3n) is 2.48. The number of aromatic hydroxyl groups is 1. The molecule has 1 heterocycles. The molecule has 0 atom stereocenters. The predicted molar refractivity (Wildman–Crippen MR) is 74.8 cm³/mol. The first-order valence-corrected chi connectivity index (χ1v) is 7.28. The molecule has 2 N–H and O–H groups in total. The minimum atomic E-state index is -4.23. The van der Waals surface area contributed by atoms with E-state index in [2.05, 4.69) is 4.98 Å². The fraction of sp³-hybridized carbons (Fsp3) is 0. The normalized spacial score (nSPS) is 11.1. The van der Waals surface area contributed by atoms with E-state index in [0.717, 1.165) is 18.3 Å². The highest BCUT2D eigenvalue weighted by atomic mass is 35.5. The first kappa shape index (κ1) is 15.0. The Kier molecular flexibility index (Phi) is 3.96. The fourth-order valence-electron chi connectivity index (χ4n) is 1.54. The van der Waals surface area contributed by atoms with Gasteiger partial charge in [0.1, 0.15) is 10.6 Å². The number of hydrogen-bond acceptors (Lipinski definition) is 6. The van der Waals surface area contributed by atoms with Crippen molar-refractivity contribution in [1.82, 2.24) is 4.98 Å². The molecule has 0 bridgehead atoms. The van der Waals surface area contributed by atoms with E-state index in [1.165, 1.54) is 18.3 Å². The van der Waals surface area contributed by atoms with Crippen LogP contribution in [-0.2, 0) is 10.0 Å². The number of phenols is 1. The average molecular weight is 330 g/mol. The number of para-hydroxylation sites is 1. The second-order valence-electron chi connectivity index (χ2n) is 3.84. The van der Waals surface area contributed by atoms with Gasteiger partial charge in [0.2, 0.25) is 0 Å². The molecule has 2 rings (SSSR count). The minimum Gasteiger partial charge on any atom is -0.505 e. The van der Waals surface area contributed by atoms with Gasteiger partial charge >= 0.3 is 0 Å². The minimum absolute atomic E-state index is 0.101. The molecule has 0 aliphatic heterocycles. The van der Waals surface area contributed by atoms with Crippen LogP contribution < -0.4 is 4.72 Å². The van der Waals surface area contributed by atoms with Crippen molar-refractivity contribution in [3.05, 3.63) is 51.8 Å². The zero-order valence-electron chi connectivity index (χ0n) is 10.2. The van der Waals surface area contributed by atoms with Gasteiger partial charge in [-0.1, -0.05) is 17.7 Å². The van der Waals surface area contributed by atoms with E-state index in [4.69, 9.17) is 11.6 Å². The summed E-state index contributed by atoms with van der Waals surface area (Å²) in [5.41, 5.74) is -1.12. The third-order valence-corrected chi connectivity index (χ3v) is 4.30. The number of nitrogens with one attached hydrogen (secondary N) is 1. The highest BCUT2D eigenvalue weighted by Crippen LogP contribution is 2.35. The molecule has 0 unspecified atom stereocenters. The smallest absolute Gasteiger partial charge is 0.297 e. The van der Waals surface area contributed by atoms with E-state index in [1.807, 2.05) is 4.72 Å². The number of nitro benzene ring substituents is 1. The van der Waals surface area contributed by atoms with E-state index < -0.39 is 32.1 Å². The number of hydrogen-bond donors (Lipinski definition) is 2. The van der Waals surface area contributed by atoms with E-state index >= 15 is 0 Å². The van der Waals surface area contributed by atoms with Crippen LogP contribution in [0, 0.1) is 10.1 Å². The second-order valence-corrected chi connectivity index (χ2v) is 5.90. The lowest BCUT2D eigenvalue weighted by Gasteiger charge is -2.10. The molecule has 0 saturated carbocycles. The number of aromatic nitrogens is 1. The molecule has 0 radical (unpaired) electrons. The van der Waals surface area contributed by atoms with Crippen LogP contribution in [0.1, 0.15) is 0 Å². The summed E-state index contributed by atoms with van der Waals surface area (Å²) in [6, 6.07) is 4.66. The Balaban J connectivity index is 2.52. The van der Waals surface area contributed by atoms with Gasteiger partial charge in [-0.05, 0) is 12.1 Å². The Morgan fingerprint density at radius 1 is 1.33 bits per heavy atom. The molecule has 0 amide bonds. The molecule has 10 heteroatoms. The molecule has 0 aliphatic rings. The number of rotatable bonds is 4. The van der Waals surface area contributed by atoms with Crippen LogP contribution in [0.3, 0.4) is 0 Å². The molecule has 0 fully saturated rings. The maximum absolute atomic E-state index is 12.2. The van der Waals surface area contributed by atoms with Gasteiger partial charge in [-0.25, -0.2) is 8.42 Å². The number of pyridine rings is 1. The van der Waals surface area contributed by atoms with Gasteiger partial charge in [0.05, 0.1) is 9.95 Å². The maximum Gasteiger partial charge on any atom is 0.297 e. The molecule has 0 saturated heterocycles. The molecular formula is C11H8ClN3O5S. The molecule has 2 aromatic rings. The van der Waals surface area contributed by atoms with Crippen LogP contribution in [0.15, 0.2) is 41.6 Å². The van der Waals surface area contributed by atoms with Gasteiger partial charge in [0.15, 0.2) is 5.69 Å². The molecule has 21 heavy (non-hydrogen) atoms. The van der Waals surface area contributed by atoms with Crippen LogP contribution in [0.5, 0.6) is 5.75 Å². The maximum atomic E-state index is 12.2. The number of halogens is 1. The summed E-state index contributed by atoms with van der Waals surface area (Å²) in [4.78, 5) is 13.3. The summed E-state index contributed by atoms with van der Waals surface area (Å²) < 4.78 is 26.3. The SMILES string of the molecule is O=[N+]([O-])c1cccc(O)c1NS(=O)(=O)c1cnccc1Cl. The molecule has 8 nitrogen and oxygen atoms in total. The highest BCUT2D eigenvalue weighted by Gasteiger charge is 2.25. The zero-order valence-corrected chi connectivity index (χ0v) is 11.8. The molecule has 0 aliphatic carbocycles. The van der Waals surface area contributed by atoms with Crippen molar-refractivity contribution in [2.45, 2.75) is 4.90 Å². The Morgan fingerprint density at radius 3 is 2.67 bits per heavy atom. The van der Waals surface area contributed by atoms with Crippen LogP contribution >= 0.6 is 11.6 Å². The van der Waals surface area contributed by atoms with Gasteiger partial charge in [-0.2, -0.15) is 0 Å². The predicted octanol–water partition coefficient (Wildman–Crippen LogP) is 2.15. The lowest BCUT2D eigenvalue weighted by atomic mass is 10.2. The standard InChI is InChI=1S/C11H8ClN3O5S/c12-7-4-5-13-6-10(7)21(19,20)14-11-8(15(17)18)2-1-3-9(11)16/h1-6,14,16H. The van der Waals surface area contributed by atoms with Crippen molar-refractivity contribution in [2.75, 3.05) is 4.72 Å². The van der Waals surface area contributed by atoms with Gasteiger partial charge in [0.25, 0.3) is 15.7 Å². The number of sulfonamides is 1. The van der Waals surface area contributed by atoms with Gasteiger partial charge in [0, 0.05) is 18.5 Å². The quantitative estimate of drug-likeness (QED) is 0.503. The zero-order chi connectivity index (χ0) is 15.6. The van der Waals surface area contributed by atoms with Crippen LogP contribution in [-0.4, -0.2) is 23.4 Å². The number of anilines is 1. The summed E-state index contributed by atoms with van der Waals surface area (Å²) in [5, 5.41) is 20.4. The molecule has 0 spiro atoms. The van der Waals surface area contributed by atoms with Crippen molar-refractivity contribution >= 4 is 33.0 Å². The van der Waals surface area contributed by atoms with E-state index in [-0.39, 0.29) is 9.92 Å². The summed E-state index contributed by atoms with van der Waals surface area (Å²) in [5.74, 6) is -0.576. The third kappa shape index (κ3) is 3.03. The first-order chi connectivity index (χ1) is 9.83. The van der Waals surface area contributed by atoms with E-state index in [0.29, 0.717) is 0 Å². The van der Waals surface area contributed by atoms with Crippen LogP contribution in [0.4, 0.5) is 11.4 Å². The average Bonchev–Trinajstić information content (AvgIpc) is 2.41. The van der Waals surface area contributed by atoms with Crippen molar-refractivity contribution in [3.63, 3.8) is 0 Å². The Morgan fingerprint density at radius 2 is 2.05 bits per heavy atom. The summed E-state index contributed by atoms with van der Waals surface area (Å²) in [7, 11) is -4.23. The Hall–Kier alpha value is -2.39. The van der Waals surface area contributed by atoms with Crippen LogP contribution in [0.2, 0.25) is 5.02 Å². The Bertz CT molecular complexity index is 809. The summed E-state index contributed by atoms with van der Waals surface area (Å²) in [6.45, 7) is 0. The number of phenolic OH excluding ortho intramolecular Hbond substituents is 1. The molecule has 1 aromatic carbocycles. The fourth-order valence-corrected chi connectivity index (χ4v) is 3.06. The van der Waals surface area contributed by atoms with Crippen LogP contribution in [0.25, 0.3) is 0 Å². The highest BCUT2D eigenvalue weighted by molar-refractivity contribution is 7.92. The molecule has 110 valence electrons. The van der Waals surface area contributed by atoms with Crippen molar-refractivity contribution in [3.8, 4) is 5.75 Å². The lowest BCUT2D eigenvalue weighted by Crippen LogP contribution is -2.15. The van der Waals surface area contributed by atoms with Gasteiger partial charge < -0.3 is 5.11 Å². The summed E-state index contributed by atoms with van der Waals surface area (Å²) in [6.07, 6.45) is 2.29. The largest absolute Gasteiger partial charge is 0.505 e. The van der Waals surface area contributed by atoms with Crippen molar-refractivity contribution in [2.24, 2.45) is 0 Å². The monoisotopic (exact) mass is 329 g/mol. The van der Waals surface area contributed by atoms with E-state index in [1.54, 1.807) is 0 Å². The van der Waals surface area contributed by atoms with Crippen molar-refractivity contribution in [1.29, 1.82) is 0 Å². The first-order valence-electron chi connectivity index (χ1n) is 5.41. The lowest BCUT2D eigenvalue weighted by molar-refractivity contribution is -0.383. The molecular weight excluding hydrogens is 322 g/mol. The van der Waals surface area contributed by atoms with Crippen molar-refractivity contribution < 1.29 is 18.4 Å². The van der Waals surface area contributed by atoms with Gasteiger partial charge in [-0.3, -0.25) is 19.8 Å². The number of nitro groups is 1. The van der Waals surface area contributed by atoms with Gasteiger partial charge in [-0.15, -0.1) is 0 Å². The Labute approximate surface area is 124 Å². The summed E-state index contributed by atoms with van der Waals surface area (Å²) >= 11 is 5.76. The van der Waals surface area contributed by atoms with E-state index in [9.17, 15) is 23.6 Å². The number of nitrogens with zero attached hydrogens (tertiary/aromatic N) is 2. The topological polar surface area (TPSA) is 122 Å². The second kappa shape index (κ2) is 5.54. The number of benzene rings is 1.